The van der Waals surface area contributed by atoms with Crippen LogP contribution < -0.4 is 10.1 Å². The number of aromatic carboxylic acids is 1. The van der Waals surface area contributed by atoms with Crippen molar-refractivity contribution in [3.63, 3.8) is 0 Å². The maximum atomic E-state index is 12.4. The molecule has 1 fully saturated rings. The summed E-state index contributed by atoms with van der Waals surface area (Å²) in [5, 5.41) is 21.1. The second kappa shape index (κ2) is 8.38. The molecule has 10 nitrogen and oxygen atoms in total. The van der Waals surface area contributed by atoms with Crippen LogP contribution in [0.3, 0.4) is 0 Å². The average Bonchev–Trinajstić information content (AvgIpc) is 3.03. The molecule has 1 saturated heterocycles. The van der Waals surface area contributed by atoms with Crippen LogP contribution >= 0.6 is 0 Å². The van der Waals surface area contributed by atoms with Crippen LogP contribution in [-0.2, 0) is 9.53 Å². The summed E-state index contributed by atoms with van der Waals surface area (Å²) < 4.78 is 11.0. The summed E-state index contributed by atoms with van der Waals surface area (Å²) in [7, 11) is 1.41. The van der Waals surface area contributed by atoms with Crippen LogP contribution in [0.2, 0.25) is 0 Å². The molecule has 158 valence electrons. The fraction of sp³-hybridized carbons (Fsp3) is 0.474. The summed E-state index contributed by atoms with van der Waals surface area (Å²) in [6.07, 6.45) is -1.51. The summed E-state index contributed by atoms with van der Waals surface area (Å²) in [4.78, 5) is 48.2. The van der Waals surface area contributed by atoms with Gasteiger partial charge >= 0.3 is 18.0 Å². The van der Waals surface area contributed by atoms with Gasteiger partial charge in [0.1, 0.15) is 23.5 Å². The number of nitrogens with one attached hydrogen (secondary N) is 1. The van der Waals surface area contributed by atoms with E-state index in [-0.39, 0.29) is 29.8 Å². The maximum absolute atomic E-state index is 12.4. The molecule has 0 aromatic heterocycles. The number of carbonyl (C=O) groups is 4. The van der Waals surface area contributed by atoms with Gasteiger partial charge in [-0.1, -0.05) is 0 Å². The first-order chi connectivity index (χ1) is 13.4. The Hall–Kier alpha value is -3.30. The molecule has 0 bridgehead atoms. The van der Waals surface area contributed by atoms with E-state index in [0.29, 0.717) is 0 Å². The van der Waals surface area contributed by atoms with Crippen molar-refractivity contribution in [2.24, 2.45) is 0 Å². The number of nitrogens with zero attached hydrogens (tertiary/aromatic N) is 1. The van der Waals surface area contributed by atoms with Gasteiger partial charge in [0.15, 0.2) is 0 Å². The molecule has 29 heavy (non-hydrogen) atoms. The summed E-state index contributed by atoms with van der Waals surface area (Å²) in [5.41, 5.74) is -0.866. The fourth-order valence-corrected chi connectivity index (χ4v) is 2.90. The molecule has 1 aromatic carbocycles. The van der Waals surface area contributed by atoms with Gasteiger partial charge in [-0.15, -0.1) is 0 Å². The topological polar surface area (TPSA) is 142 Å². The van der Waals surface area contributed by atoms with Gasteiger partial charge < -0.3 is 25.0 Å². The highest BCUT2D eigenvalue weighted by atomic mass is 16.6. The minimum atomic E-state index is -1.24. The minimum absolute atomic E-state index is 0.0127. The maximum Gasteiger partial charge on any atom is 0.411 e. The van der Waals surface area contributed by atoms with Crippen molar-refractivity contribution >= 4 is 23.9 Å². The molecule has 1 heterocycles. The number of hydrogen-bond donors (Lipinski definition) is 3. The number of likely N-dealkylation sites (tertiary alicyclic amines) is 1. The highest BCUT2D eigenvalue weighted by molar-refractivity contribution is 5.98. The Morgan fingerprint density at radius 3 is 2.24 bits per heavy atom. The van der Waals surface area contributed by atoms with E-state index in [1.54, 1.807) is 20.8 Å². The van der Waals surface area contributed by atoms with Crippen molar-refractivity contribution in [3.8, 4) is 5.75 Å². The van der Waals surface area contributed by atoms with Gasteiger partial charge in [-0.3, -0.25) is 9.69 Å². The number of carbonyl (C=O) groups excluding carboxylic acids is 2. The van der Waals surface area contributed by atoms with Gasteiger partial charge in [-0.05, 0) is 39.0 Å². The Morgan fingerprint density at radius 2 is 1.72 bits per heavy atom. The monoisotopic (exact) mass is 408 g/mol. The summed E-state index contributed by atoms with van der Waals surface area (Å²) in [6, 6.07) is 2.66. The first-order valence-corrected chi connectivity index (χ1v) is 8.91. The van der Waals surface area contributed by atoms with Crippen LogP contribution in [0, 0.1) is 0 Å². The first-order valence-electron chi connectivity index (χ1n) is 8.91. The fourth-order valence-electron chi connectivity index (χ4n) is 2.90. The smallest absolute Gasteiger partial charge is 0.411 e. The Morgan fingerprint density at radius 1 is 1.10 bits per heavy atom. The zero-order chi connectivity index (χ0) is 21.9. The number of carboxylic acids is 2. The summed E-state index contributed by atoms with van der Waals surface area (Å²) >= 11 is 0. The van der Waals surface area contributed by atoms with Crippen molar-refractivity contribution in [1.29, 1.82) is 0 Å². The highest BCUT2D eigenvalue weighted by Crippen LogP contribution is 2.27. The van der Waals surface area contributed by atoms with Gasteiger partial charge in [-0.2, -0.15) is 0 Å². The van der Waals surface area contributed by atoms with Crippen molar-refractivity contribution < 1.29 is 38.9 Å². The van der Waals surface area contributed by atoms with Crippen LogP contribution in [0.25, 0.3) is 0 Å². The zero-order valence-electron chi connectivity index (χ0n) is 16.6. The molecule has 10 heteroatoms. The summed E-state index contributed by atoms with van der Waals surface area (Å²) in [5.74, 6) is -2.86. The molecule has 2 unspecified atom stereocenters. The van der Waals surface area contributed by atoms with Crippen molar-refractivity contribution in [3.05, 3.63) is 29.3 Å². The van der Waals surface area contributed by atoms with E-state index < -0.39 is 41.7 Å². The van der Waals surface area contributed by atoms with Crippen LogP contribution in [0.4, 0.5) is 4.79 Å². The number of rotatable bonds is 5. The van der Waals surface area contributed by atoms with Crippen LogP contribution in [-0.4, -0.2) is 70.4 Å². The Balaban J connectivity index is 2.24. The summed E-state index contributed by atoms with van der Waals surface area (Å²) in [6.45, 7) is 4.95. The lowest BCUT2D eigenvalue weighted by Gasteiger charge is -2.26. The Bertz CT molecular complexity index is 830. The lowest BCUT2D eigenvalue weighted by molar-refractivity contribution is -0.142. The van der Waals surface area contributed by atoms with Gasteiger partial charge in [0.25, 0.3) is 5.91 Å². The number of benzene rings is 1. The average molecular weight is 408 g/mol. The molecule has 2 atom stereocenters. The number of hydrogen-bond acceptors (Lipinski definition) is 6. The first kappa shape index (κ1) is 22.0. The van der Waals surface area contributed by atoms with E-state index in [2.05, 4.69) is 5.32 Å². The Kier molecular flexibility index (Phi) is 6.35. The molecule has 1 aromatic rings. The van der Waals surface area contributed by atoms with Crippen molar-refractivity contribution in [2.75, 3.05) is 13.6 Å². The molecular weight excluding hydrogens is 384 g/mol. The molecule has 0 spiro atoms. The minimum Gasteiger partial charge on any atom is -0.488 e. The van der Waals surface area contributed by atoms with Gasteiger partial charge in [0, 0.05) is 19.0 Å². The highest BCUT2D eigenvalue weighted by Gasteiger charge is 2.42. The van der Waals surface area contributed by atoms with Crippen LogP contribution in [0.15, 0.2) is 18.2 Å². The van der Waals surface area contributed by atoms with Gasteiger partial charge in [-0.25, -0.2) is 14.4 Å². The lowest BCUT2D eigenvalue weighted by Crippen LogP contribution is -2.43. The van der Waals surface area contributed by atoms with Crippen molar-refractivity contribution in [1.82, 2.24) is 10.2 Å². The van der Waals surface area contributed by atoms with Gasteiger partial charge in [0.2, 0.25) is 0 Å². The van der Waals surface area contributed by atoms with E-state index >= 15 is 0 Å². The van der Waals surface area contributed by atoms with Gasteiger partial charge in [0.05, 0.1) is 12.1 Å². The lowest BCUT2D eigenvalue weighted by atomic mass is 10.1. The van der Waals surface area contributed by atoms with E-state index in [0.717, 1.165) is 4.90 Å². The van der Waals surface area contributed by atoms with Crippen LogP contribution in [0.1, 0.15) is 47.9 Å². The third-order valence-corrected chi connectivity index (χ3v) is 4.12. The molecule has 0 aliphatic carbocycles. The normalized spacial score (nSPS) is 18.8. The van der Waals surface area contributed by atoms with Crippen molar-refractivity contribution in [2.45, 2.75) is 44.9 Å². The molecular formula is C19H24N2O8. The number of aliphatic carboxylic acids is 1. The SMILES string of the molecule is CNC(=O)c1cc(OC2CC(C(=O)O)N(C(=O)OC(C)(C)C)C2)cc(C(=O)O)c1. The third kappa shape index (κ3) is 5.59. The predicted molar refractivity (Wildman–Crippen MR) is 100 cm³/mol. The van der Waals surface area contributed by atoms with Crippen LogP contribution in [0.5, 0.6) is 5.75 Å². The quantitative estimate of drug-likeness (QED) is 0.667. The molecule has 1 aliphatic heterocycles. The number of carboxylic acid groups (broad SMARTS) is 2. The third-order valence-electron chi connectivity index (χ3n) is 4.12. The van der Waals surface area contributed by atoms with E-state index in [1.807, 2.05) is 0 Å². The van der Waals surface area contributed by atoms with E-state index in [9.17, 15) is 29.4 Å². The molecule has 2 amide bonds. The second-order valence-electron chi connectivity index (χ2n) is 7.59. The van der Waals surface area contributed by atoms with E-state index in [4.69, 9.17) is 9.47 Å². The largest absolute Gasteiger partial charge is 0.488 e. The zero-order valence-corrected chi connectivity index (χ0v) is 16.6. The standard InChI is InChI=1S/C19H24N2O8/c1-19(2,3)29-18(27)21-9-13(8-14(21)17(25)26)28-12-6-10(15(22)20-4)5-11(7-12)16(23)24/h5-7,13-14H,8-9H2,1-4H3,(H,20,22)(H,23,24)(H,25,26). The second-order valence-corrected chi connectivity index (χ2v) is 7.59. The number of ether oxygens (including phenoxy) is 2. The number of amides is 2. The predicted octanol–water partition coefficient (Wildman–Crippen LogP) is 1.59. The molecule has 0 radical (unpaired) electrons. The molecule has 2 rings (SSSR count). The van der Waals surface area contributed by atoms with E-state index in [1.165, 1.54) is 25.2 Å². The Labute approximate surface area is 167 Å². The molecule has 3 N–H and O–H groups in total. The molecule has 0 saturated carbocycles. The molecule has 1 aliphatic rings.